The molecule has 0 unspecified atom stereocenters. The minimum absolute atomic E-state index is 0.584. The van der Waals surface area contributed by atoms with E-state index in [0.29, 0.717) is 6.54 Å². The first kappa shape index (κ1) is 11.8. The summed E-state index contributed by atoms with van der Waals surface area (Å²) in [7, 11) is 0. The second kappa shape index (κ2) is 5.16. The topological polar surface area (TPSA) is 53.8 Å². The smallest absolute Gasteiger partial charge is 0.0600 e. The van der Waals surface area contributed by atoms with Crippen LogP contribution in [0.4, 0.5) is 5.69 Å². The lowest BCUT2D eigenvalue weighted by atomic mass is 10.1. The summed E-state index contributed by atoms with van der Waals surface area (Å²) in [5, 5.41) is 4.68. The Hall–Kier alpha value is -2.26. The Balaban J connectivity index is 1.78. The Bertz CT molecular complexity index is 685. The fourth-order valence-electron chi connectivity index (χ4n) is 2.28. The molecule has 0 aliphatic heterocycles. The highest BCUT2D eigenvalue weighted by Gasteiger charge is 2.02. The van der Waals surface area contributed by atoms with Gasteiger partial charge in [0.15, 0.2) is 0 Å². The van der Waals surface area contributed by atoms with Gasteiger partial charge in [-0.05, 0) is 17.2 Å². The number of para-hydroxylation sites is 1. The fraction of sp³-hybridized carbons (Fsp3) is 0.125. The highest BCUT2D eigenvalue weighted by atomic mass is 14.9. The van der Waals surface area contributed by atoms with E-state index in [2.05, 4.69) is 52.8 Å². The molecule has 2 aromatic carbocycles. The van der Waals surface area contributed by atoms with Gasteiger partial charge in [-0.3, -0.25) is 0 Å². The van der Waals surface area contributed by atoms with Crippen LogP contribution >= 0.6 is 0 Å². The van der Waals surface area contributed by atoms with Crippen molar-refractivity contribution >= 4 is 16.6 Å². The molecule has 0 atom stereocenters. The number of hydrogen-bond acceptors (Lipinski definition) is 2. The van der Waals surface area contributed by atoms with E-state index in [0.717, 1.165) is 17.7 Å². The number of anilines is 1. The van der Waals surface area contributed by atoms with Gasteiger partial charge in [0.05, 0.1) is 5.69 Å². The number of H-pyrrole nitrogens is 1. The summed E-state index contributed by atoms with van der Waals surface area (Å²) in [6.45, 7) is 1.39. The highest BCUT2D eigenvalue weighted by Crippen LogP contribution is 2.23. The zero-order chi connectivity index (χ0) is 13.1. The number of aromatic amines is 1. The Morgan fingerprint density at radius 3 is 2.74 bits per heavy atom. The van der Waals surface area contributed by atoms with Crippen LogP contribution in [0.15, 0.2) is 54.7 Å². The average Bonchev–Trinajstić information content (AvgIpc) is 2.89. The third-order valence-corrected chi connectivity index (χ3v) is 3.30. The van der Waals surface area contributed by atoms with Gasteiger partial charge in [0.2, 0.25) is 0 Å². The summed E-state index contributed by atoms with van der Waals surface area (Å²) in [6.07, 6.45) is 2.01. The molecule has 0 saturated carbocycles. The molecule has 19 heavy (non-hydrogen) atoms. The van der Waals surface area contributed by atoms with Gasteiger partial charge in [-0.2, -0.15) is 0 Å². The third-order valence-electron chi connectivity index (χ3n) is 3.30. The van der Waals surface area contributed by atoms with Crippen LogP contribution in [0.3, 0.4) is 0 Å². The van der Waals surface area contributed by atoms with E-state index in [1.54, 1.807) is 0 Å². The van der Waals surface area contributed by atoms with Gasteiger partial charge in [0, 0.05) is 30.2 Å². The fourth-order valence-corrected chi connectivity index (χ4v) is 2.28. The van der Waals surface area contributed by atoms with E-state index in [4.69, 9.17) is 5.73 Å². The number of fused-ring (bicyclic) bond motifs is 1. The SMILES string of the molecule is NCc1cccc(CNc2c[nH]c3ccccc23)c1. The van der Waals surface area contributed by atoms with Gasteiger partial charge in [0.25, 0.3) is 0 Å². The van der Waals surface area contributed by atoms with Crippen molar-refractivity contribution in [1.82, 2.24) is 4.98 Å². The lowest BCUT2D eigenvalue weighted by molar-refractivity contribution is 1.05. The zero-order valence-electron chi connectivity index (χ0n) is 10.7. The monoisotopic (exact) mass is 251 g/mol. The van der Waals surface area contributed by atoms with Crippen LogP contribution in [-0.4, -0.2) is 4.98 Å². The van der Waals surface area contributed by atoms with Crippen LogP contribution in [0.1, 0.15) is 11.1 Å². The molecular formula is C16H17N3. The van der Waals surface area contributed by atoms with Crippen LogP contribution in [0.5, 0.6) is 0 Å². The molecule has 3 aromatic rings. The molecule has 96 valence electrons. The maximum absolute atomic E-state index is 5.66. The molecule has 0 saturated heterocycles. The van der Waals surface area contributed by atoms with Crippen molar-refractivity contribution in [1.29, 1.82) is 0 Å². The van der Waals surface area contributed by atoms with Crippen molar-refractivity contribution in [2.75, 3.05) is 5.32 Å². The van der Waals surface area contributed by atoms with E-state index in [9.17, 15) is 0 Å². The third kappa shape index (κ3) is 2.46. The molecule has 0 aliphatic rings. The summed E-state index contributed by atoms with van der Waals surface area (Å²) < 4.78 is 0. The molecule has 0 fully saturated rings. The second-order valence-corrected chi connectivity index (χ2v) is 4.63. The van der Waals surface area contributed by atoms with Crippen molar-refractivity contribution in [3.63, 3.8) is 0 Å². The van der Waals surface area contributed by atoms with Gasteiger partial charge in [0.1, 0.15) is 0 Å². The summed E-state index contributed by atoms with van der Waals surface area (Å²) in [5.74, 6) is 0. The number of nitrogens with two attached hydrogens (primary N) is 1. The Morgan fingerprint density at radius 2 is 1.84 bits per heavy atom. The van der Waals surface area contributed by atoms with E-state index in [1.165, 1.54) is 16.5 Å². The van der Waals surface area contributed by atoms with E-state index in [1.807, 2.05) is 12.3 Å². The molecule has 0 bridgehead atoms. The molecule has 3 nitrogen and oxygen atoms in total. The molecule has 0 aliphatic carbocycles. The molecular weight excluding hydrogens is 234 g/mol. The number of hydrogen-bond donors (Lipinski definition) is 3. The highest BCUT2D eigenvalue weighted by molar-refractivity contribution is 5.92. The van der Waals surface area contributed by atoms with Gasteiger partial charge < -0.3 is 16.0 Å². The van der Waals surface area contributed by atoms with Crippen molar-refractivity contribution in [3.8, 4) is 0 Å². The van der Waals surface area contributed by atoms with Crippen molar-refractivity contribution < 1.29 is 0 Å². The summed E-state index contributed by atoms with van der Waals surface area (Å²) in [6, 6.07) is 16.6. The summed E-state index contributed by atoms with van der Waals surface area (Å²) in [4.78, 5) is 3.26. The predicted molar refractivity (Wildman–Crippen MR) is 80.0 cm³/mol. The Morgan fingerprint density at radius 1 is 1.00 bits per heavy atom. The maximum Gasteiger partial charge on any atom is 0.0600 e. The van der Waals surface area contributed by atoms with Crippen molar-refractivity contribution in [2.45, 2.75) is 13.1 Å². The molecule has 1 heterocycles. The van der Waals surface area contributed by atoms with Gasteiger partial charge >= 0.3 is 0 Å². The van der Waals surface area contributed by atoms with Crippen molar-refractivity contribution in [2.24, 2.45) is 5.73 Å². The van der Waals surface area contributed by atoms with Crippen LogP contribution in [0.25, 0.3) is 10.9 Å². The van der Waals surface area contributed by atoms with E-state index in [-0.39, 0.29) is 0 Å². The van der Waals surface area contributed by atoms with Crippen LogP contribution in [-0.2, 0) is 13.1 Å². The largest absolute Gasteiger partial charge is 0.379 e. The quantitative estimate of drug-likeness (QED) is 0.666. The Labute approximate surface area is 112 Å². The molecule has 0 amide bonds. The number of aromatic nitrogens is 1. The average molecular weight is 251 g/mol. The van der Waals surface area contributed by atoms with Crippen LogP contribution in [0, 0.1) is 0 Å². The first-order chi connectivity index (χ1) is 9.36. The van der Waals surface area contributed by atoms with E-state index < -0.39 is 0 Å². The number of benzene rings is 2. The standard InChI is InChI=1S/C16H17N3/c17-9-12-4-3-5-13(8-12)10-18-16-11-19-15-7-2-1-6-14(15)16/h1-8,11,18-19H,9-10,17H2. The normalized spacial score (nSPS) is 10.8. The number of rotatable bonds is 4. The second-order valence-electron chi connectivity index (χ2n) is 4.63. The Kier molecular flexibility index (Phi) is 3.21. The predicted octanol–water partition coefficient (Wildman–Crippen LogP) is 3.24. The molecule has 0 spiro atoms. The molecule has 0 radical (unpaired) electrons. The first-order valence-corrected chi connectivity index (χ1v) is 6.44. The number of nitrogens with one attached hydrogen (secondary N) is 2. The minimum atomic E-state index is 0.584. The molecule has 3 rings (SSSR count). The van der Waals surface area contributed by atoms with Gasteiger partial charge in [-0.1, -0.05) is 42.5 Å². The van der Waals surface area contributed by atoms with Crippen LogP contribution in [0.2, 0.25) is 0 Å². The minimum Gasteiger partial charge on any atom is -0.379 e. The molecule has 1 aromatic heterocycles. The first-order valence-electron chi connectivity index (χ1n) is 6.44. The lowest BCUT2D eigenvalue weighted by Crippen LogP contribution is -2.01. The van der Waals surface area contributed by atoms with E-state index >= 15 is 0 Å². The van der Waals surface area contributed by atoms with Gasteiger partial charge in [-0.25, -0.2) is 0 Å². The summed E-state index contributed by atoms with van der Waals surface area (Å²) >= 11 is 0. The summed E-state index contributed by atoms with van der Waals surface area (Å²) in [5.41, 5.74) is 10.4. The van der Waals surface area contributed by atoms with Gasteiger partial charge in [-0.15, -0.1) is 0 Å². The molecule has 4 N–H and O–H groups in total. The lowest BCUT2D eigenvalue weighted by Gasteiger charge is -2.06. The van der Waals surface area contributed by atoms with Crippen LogP contribution < -0.4 is 11.1 Å². The zero-order valence-corrected chi connectivity index (χ0v) is 10.7. The maximum atomic E-state index is 5.66. The van der Waals surface area contributed by atoms with Crippen molar-refractivity contribution in [3.05, 3.63) is 65.9 Å². The molecule has 3 heteroatoms.